The average Bonchev–Trinajstić information content (AvgIpc) is 3.49. The maximum absolute atomic E-state index is 13.9. The van der Waals surface area contributed by atoms with Crippen LogP contribution < -0.4 is 10.6 Å². The summed E-state index contributed by atoms with van der Waals surface area (Å²) < 4.78 is 6.71. The summed E-state index contributed by atoms with van der Waals surface area (Å²) in [5, 5.41) is 15.8. The second-order valence-electron chi connectivity index (χ2n) is 10.6. The van der Waals surface area contributed by atoms with E-state index in [9.17, 15) is 19.5 Å². The van der Waals surface area contributed by atoms with Gasteiger partial charge in [0.15, 0.2) is 0 Å². The van der Waals surface area contributed by atoms with Crippen molar-refractivity contribution in [2.24, 2.45) is 11.8 Å². The maximum Gasteiger partial charge on any atom is 0.250 e. The highest BCUT2D eigenvalue weighted by Gasteiger charge is 2.78. The third-order valence-electron chi connectivity index (χ3n) is 8.51. The van der Waals surface area contributed by atoms with E-state index in [0.717, 1.165) is 16.7 Å². The molecule has 0 saturated carbocycles. The molecular weight excluding hydrogens is 470 g/mol. The van der Waals surface area contributed by atoms with E-state index in [1.165, 1.54) is 4.90 Å². The molecule has 2 bridgehead atoms. The number of carbonyl (C=O) groups excluding carboxylic acids is 3. The van der Waals surface area contributed by atoms with E-state index >= 15 is 0 Å². The lowest BCUT2D eigenvalue weighted by molar-refractivity contribution is -0.146. The molecule has 3 aliphatic heterocycles. The van der Waals surface area contributed by atoms with Crippen LogP contribution in [0.15, 0.2) is 48.5 Å². The van der Waals surface area contributed by atoms with Crippen LogP contribution >= 0.6 is 0 Å². The fraction of sp³-hybridized carbons (Fsp3) is 0.483. The highest BCUT2D eigenvalue weighted by Crippen LogP contribution is 2.64. The molecule has 3 heterocycles. The molecule has 2 aromatic rings. The quantitative estimate of drug-likeness (QED) is 0.511. The number of amides is 3. The summed E-state index contributed by atoms with van der Waals surface area (Å²) in [6, 6.07) is 14.5. The van der Waals surface area contributed by atoms with Crippen molar-refractivity contribution >= 4 is 23.4 Å². The smallest absolute Gasteiger partial charge is 0.250 e. The van der Waals surface area contributed by atoms with Gasteiger partial charge < -0.3 is 25.4 Å². The van der Waals surface area contributed by atoms with Crippen LogP contribution in [-0.4, -0.2) is 58.1 Å². The summed E-state index contributed by atoms with van der Waals surface area (Å²) in [5.41, 5.74) is 1.64. The van der Waals surface area contributed by atoms with Crippen molar-refractivity contribution in [3.63, 3.8) is 0 Å². The fourth-order valence-electron chi connectivity index (χ4n) is 6.73. The molecule has 8 heteroatoms. The summed E-state index contributed by atoms with van der Waals surface area (Å²) in [7, 11) is 0. The minimum Gasteiger partial charge on any atom is -0.395 e. The van der Waals surface area contributed by atoms with Gasteiger partial charge in [0, 0.05) is 18.8 Å². The predicted molar refractivity (Wildman–Crippen MR) is 138 cm³/mol. The van der Waals surface area contributed by atoms with Crippen LogP contribution in [0.5, 0.6) is 0 Å². The highest BCUT2D eigenvalue weighted by molar-refractivity contribution is 6.04. The van der Waals surface area contributed by atoms with Crippen LogP contribution in [0.1, 0.15) is 42.9 Å². The summed E-state index contributed by atoms with van der Waals surface area (Å²) in [6.07, 6.45) is 1.66. The number of hydrogen-bond donors (Lipinski definition) is 3. The Morgan fingerprint density at radius 2 is 1.86 bits per heavy atom. The third-order valence-corrected chi connectivity index (χ3v) is 8.51. The molecule has 5 atom stereocenters. The second kappa shape index (κ2) is 9.58. The van der Waals surface area contributed by atoms with E-state index in [4.69, 9.17) is 4.74 Å². The number of aliphatic hydroxyl groups excluding tert-OH is 1. The summed E-state index contributed by atoms with van der Waals surface area (Å²) in [6.45, 7) is 5.90. The maximum atomic E-state index is 13.9. The molecular formula is C29H35N3O5. The number of anilines is 1. The van der Waals surface area contributed by atoms with Crippen LogP contribution in [-0.2, 0) is 25.7 Å². The zero-order valence-corrected chi connectivity index (χ0v) is 21.6. The Kier molecular flexibility index (Phi) is 6.58. The average molecular weight is 506 g/mol. The zero-order valence-electron chi connectivity index (χ0n) is 21.6. The lowest BCUT2D eigenvalue weighted by Crippen LogP contribution is -2.53. The number of rotatable bonds is 8. The third kappa shape index (κ3) is 4.03. The van der Waals surface area contributed by atoms with E-state index < -0.39 is 29.1 Å². The van der Waals surface area contributed by atoms with Crippen molar-refractivity contribution in [1.29, 1.82) is 0 Å². The molecule has 37 heavy (non-hydrogen) atoms. The molecule has 3 amide bonds. The lowest BCUT2D eigenvalue weighted by Gasteiger charge is -2.34. The molecule has 3 N–H and O–H groups in total. The largest absolute Gasteiger partial charge is 0.395 e. The summed E-state index contributed by atoms with van der Waals surface area (Å²) in [4.78, 5) is 42.8. The molecule has 5 rings (SSSR count). The monoisotopic (exact) mass is 505 g/mol. The number of likely N-dealkylation sites (tertiary alicyclic amines) is 1. The number of benzene rings is 2. The van der Waals surface area contributed by atoms with E-state index in [2.05, 4.69) is 10.6 Å². The Balaban J connectivity index is 1.48. The van der Waals surface area contributed by atoms with Gasteiger partial charge in [0.2, 0.25) is 17.7 Å². The summed E-state index contributed by atoms with van der Waals surface area (Å²) >= 11 is 0. The Morgan fingerprint density at radius 3 is 2.57 bits per heavy atom. The van der Waals surface area contributed by atoms with Crippen LogP contribution in [0.4, 0.5) is 5.69 Å². The molecule has 0 aliphatic carbocycles. The Morgan fingerprint density at radius 1 is 1.11 bits per heavy atom. The van der Waals surface area contributed by atoms with E-state index in [1.807, 2.05) is 69.3 Å². The number of fused-ring (bicyclic) bond motifs is 1. The first-order valence-electron chi connectivity index (χ1n) is 13.1. The van der Waals surface area contributed by atoms with Gasteiger partial charge in [-0.2, -0.15) is 0 Å². The van der Waals surface area contributed by atoms with Gasteiger partial charge >= 0.3 is 0 Å². The zero-order chi connectivity index (χ0) is 26.4. The number of nitrogens with one attached hydrogen (secondary N) is 2. The van der Waals surface area contributed by atoms with E-state index in [0.29, 0.717) is 31.5 Å². The van der Waals surface area contributed by atoms with Crippen LogP contribution in [0.3, 0.4) is 0 Å². The van der Waals surface area contributed by atoms with Gasteiger partial charge in [-0.1, -0.05) is 49.4 Å². The first kappa shape index (κ1) is 25.4. The van der Waals surface area contributed by atoms with Gasteiger partial charge in [-0.15, -0.1) is 0 Å². The molecule has 196 valence electrons. The molecule has 2 unspecified atom stereocenters. The highest BCUT2D eigenvalue weighted by atomic mass is 16.5. The van der Waals surface area contributed by atoms with Crippen molar-refractivity contribution in [1.82, 2.24) is 10.2 Å². The summed E-state index contributed by atoms with van der Waals surface area (Å²) in [5.74, 6) is -2.37. The number of ether oxygens (including phenoxy) is 1. The number of aryl methyl sites for hydroxylation is 2. The molecule has 3 aliphatic rings. The molecule has 1 spiro atoms. The number of hydrogen-bond acceptors (Lipinski definition) is 5. The van der Waals surface area contributed by atoms with Crippen molar-refractivity contribution in [3.05, 3.63) is 65.2 Å². The standard InChI is InChI=1S/C29H35N3O5/c1-4-28-12-13-29(37-28)23(22(28)25(34)30-17-20-8-6-5-7-9-20)27(36)32(14-15-33)24(29)26(35)31-21-16-18(2)10-11-19(21)3/h5-11,16,22-24,33H,4,12-15,17H2,1-3H3,(H,30,34)(H,31,35)/t22-,23+,24?,28+,29?/m1/s1. The lowest BCUT2D eigenvalue weighted by atomic mass is 9.65. The van der Waals surface area contributed by atoms with Crippen molar-refractivity contribution in [2.45, 2.75) is 63.8 Å². The fourth-order valence-corrected chi connectivity index (χ4v) is 6.73. The Bertz CT molecular complexity index is 1220. The van der Waals surface area contributed by atoms with Crippen LogP contribution in [0.25, 0.3) is 0 Å². The van der Waals surface area contributed by atoms with Crippen molar-refractivity contribution < 1.29 is 24.2 Å². The first-order chi connectivity index (χ1) is 17.8. The number of aliphatic hydroxyl groups is 1. The van der Waals surface area contributed by atoms with E-state index in [-0.39, 0.29) is 30.9 Å². The van der Waals surface area contributed by atoms with Gasteiger partial charge in [0.25, 0.3) is 0 Å². The Hall–Kier alpha value is -3.23. The van der Waals surface area contributed by atoms with Crippen molar-refractivity contribution in [3.8, 4) is 0 Å². The number of β-amino-alcohol motifs (C(OH)–C–C–N with tert-alkyl or cyclic N) is 1. The predicted octanol–water partition coefficient (Wildman–Crippen LogP) is 2.71. The van der Waals surface area contributed by atoms with Gasteiger partial charge in [-0.05, 0) is 55.9 Å². The first-order valence-corrected chi connectivity index (χ1v) is 13.1. The number of carbonyl (C=O) groups is 3. The van der Waals surface area contributed by atoms with Gasteiger partial charge in [-0.3, -0.25) is 14.4 Å². The normalized spacial score (nSPS) is 29.9. The van der Waals surface area contributed by atoms with Gasteiger partial charge in [0.05, 0.1) is 24.0 Å². The molecule has 3 fully saturated rings. The van der Waals surface area contributed by atoms with Gasteiger partial charge in [0.1, 0.15) is 11.6 Å². The molecule has 2 aromatic carbocycles. The molecule has 0 aromatic heterocycles. The molecule has 3 saturated heterocycles. The number of nitrogens with zero attached hydrogens (tertiary/aromatic N) is 1. The second-order valence-corrected chi connectivity index (χ2v) is 10.6. The SMILES string of the molecule is CC[C@@]12CCC3(O1)C(C(=O)Nc1cc(C)ccc1C)N(CCO)C(=O)[C@@H]3[C@@H]2C(=O)NCc1ccccc1. The Labute approximate surface area is 217 Å². The van der Waals surface area contributed by atoms with E-state index in [1.54, 1.807) is 0 Å². The minimum absolute atomic E-state index is 0.00279. The minimum atomic E-state index is -1.11. The van der Waals surface area contributed by atoms with Crippen LogP contribution in [0.2, 0.25) is 0 Å². The molecule has 0 radical (unpaired) electrons. The van der Waals surface area contributed by atoms with Crippen LogP contribution in [0, 0.1) is 25.7 Å². The topological polar surface area (TPSA) is 108 Å². The van der Waals surface area contributed by atoms with Gasteiger partial charge in [-0.25, -0.2) is 0 Å². The van der Waals surface area contributed by atoms with Crippen molar-refractivity contribution in [2.75, 3.05) is 18.5 Å². The molecule has 8 nitrogen and oxygen atoms in total.